The van der Waals surface area contributed by atoms with Gasteiger partial charge in [-0.3, -0.25) is 14.5 Å². The fourth-order valence-corrected chi connectivity index (χ4v) is 4.54. The number of aromatic nitrogens is 3. The van der Waals surface area contributed by atoms with Crippen molar-refractivity contribution >= 4 is 22.5 Å². The van der Waals surface area contributed by atoms with Crippen LogP contribution in [-0.4, -0.2) is 38.7 Å². The van der Waals surface area contributed by atoms with Crippen LogP contribution in [0, 0.1) is 20.8 Å². The van der Waals surface area contributed by atoms with Gasteiger partial charge in [0, 0.05) is 36.5 Å². The Morgan fingerprint density at radius 1 is 1.27 bits per heavy atom. The molecule has 0 spiro atoms. The number of nitrogen functional groups attached to an aromatic ring is 1. The summed E-state index contributed by atoms with van der Waals surface area (Å²) in [5.41, 5.74) is 12.3. The monoisotopic (exact) mass is 405 g/mol. The Morgan fingerprint density at radius 3 is 2.77 bits per heavy atom. The van der Waals surface area contributed by atoms with Gasteiger partial charge in [-0.15, -0.1) is 0 Å². The van der Waals surface area contributed by atoms with Gasteiger partial charge in [0.25, 0.3) is 0 Å². The van der Waals surface area contributed by atoms with Crippen molar-refractivity contribution in [2.24, 2.45) is 0 Å². The third-order valence-corrected chi connectivity index (χ3v) is 6.52. The summed E-state index contributed by atoms with van der Waals surface area (Å²) < 4.78 is 1.99. The van der Waals surface area contributed by atoms with Crippen molar-refractivity contribution in [2.75, 3.05) is 18.8 Å². The molecule has 2 aromatic heterocycles. The molecule has 0 aliphatic carbocycles. The molecule has 1 aliphatic heterocycles. The maximum Gasteiger partial charge on any atom is 0.224 e. The van der Waals surface area contributed by atoms with Crippen LogP contribution in [0.5, 0.6) is 0 Å². The molecule has 2 atom stereocenters. The molecule has 158 valence electrons. The third-order valence-electron chi connectivity index (χ3n) is 6.52. The number of aryl methyl sites for hydroxylation is 1. The number of carbonyl (C=O) groups excluding carboxylic acids is 1. The van der Waals surface area contributed by atoms with Crippen molar-refractivity contribution in [3.05, 3.63) is 53.0 Å². The van der Waals surface area contributed by atoms with E-state index < -0.39 is 0 Å². The number of nitrogens with two attached hydrogens (primary N) is 1. The highest BCUT2D eigenvalue weighted by molar-refractivity contribution is 5.82. The molecule has 3 aromatic rings. The molecule has 6 heteroatoms. The molecule has 0 saturated carbocycles. The van der Waals surface area contributed by atoms with Crippen LogP contribution in [0.2, 0.25) is 0 Å². The van der Waals surface area contributed by atoms with Crippen LogP contribution in [-0.2, 0) is 4.79 Å². The number of hydrogen-bond donors (Lipinski definition) is 1. The Balaban J connectivity index is 1.49. The molecule has 0 bridgehead atoms. The first-order chi connectivity index (χ1) is 14.3. The van der Waals surface area contributed by atoms with Crippen LogP contribution >= 0.6 is 0 Å². The molecule has 1 saturated heterocycles. The highest BCUT2D eigenvalue weighted by Gasteiger charge is 2.28. The van der Waals surface area contributed by atoms with Gasteiger partial charge in [-0.25, -0.2) is 0 Å². The average Bonchev–Trinajstić information content (AvgIpc) is 3.00. The van der Waals surface area contributed by atoms with Crippen LogP contribution < -0.4 is 5.73 Å². The van der Waals surface area contributed by atoms with E-state index in [4.69, 9.17) is 10.7 Å². The number of pyridine rings is 1. The highest BCUT2D eigenvalue weighted by Crippen LogP contribution is 2.32. The normalized spacial score (nSPS) is 18.0. The number of anilines is 1. The molecular formula is C24H31N5O. The minimum atomic E-state index is 0.0362. The summed E-state index contributed by atoms with van der Waals surface area (Å²) in [6.07, 6.45) is 2.43. The molecule has 1 fully saturated rings. The number of carbonyl (C=O) groups is 1. The molecule has 1 aliphatic rings. The molecule has 2 N–H and O–H groups in total. The molecule has 0 radical (unpaired) electrons. The van der Waals surface area contributed by atoms with E-state index in [1.807, 2.05) is 46.8 Å². The summed E-state index contributed by atoms with van der Waals surface area (Å²) in [6.45, 7) is 9.72. The summed E-state index contributed by atoms with van der Waals surface area (Å²) in [4.78, 5) is 19.9. The Morgan fingerprint density at radius 2 is 2.03 bits per heavy atom. The highest BCUT2D eigenvalue weighted by atomic mass is 16.2. The zero-order valence-corrected chi connectivity index (χ0v) is 18.4. The number of likely N-dealkylation sites (tertiary alicyclic amines) is 1. The van der Waals surface area contributed by atoms with E-state index in [9.17, 15) is 4.79 Å². The first kappa shape index (κ1) is 20.4. The predicted molar refractivity (Wildman–Crippen MR) is 120 cm³/mol. The van der Waals surface area contributed by atoms with Crippen molar-refractivity contribution in [3.63, 3.8) is 0 Å². The molecular weight excluding hydrogens is 374 g/mol. The first-order valence-corrected chi connectivity index (χ1v) is 10.8. The molecule has 6 nitrogen and oxygen atoms in total. The number of para-hydroxylation sites is 1. The maximum atomic E-state index is 13.1. The van der Waals surface area contributed by atoms with Gasteiger partial charge in [-0.2, -0.15) is 5.10 Å². The number of amides is 1. The van der Waals surface area contributed by atoms with Gasteiger partial charge in [0.15, 0.2) is 0 Å². The Labute approximate surface area is 178 Å². The van der Waals surface area contributed by atoms with Gasteiger partial charge in [0.05, 0.1) is 28.6 Å². The van der Waals surface area contributed by atoms with E-state index in [0.29, 0.717) is 13.0 Å². The standard InChI is InChI=1S/C24H31N5O/c1-15(29-18(4)16(2)17(3)27-29)12-23(30)28-11-7-9-20(14-28)24-21(25)13-19-8-5-6-10-22(19)26-24/h5-6,8,10,13,15,20H,7,9,11-12,14,25H2,1-4H3/t15-,20-/m0/s1. The van der Waals surface area contributed by atoms with Gasteiger partial charge in [-0.1, -0.05) is 18.2 Å². The second-order valence-electron chi connectivity index (χ2n) is 8.63. The van der Waals surface area contributed by atoms with E-state index in [1.54, 1.807) is 0 Å². The Bertz CT molecular complexity index is 1090. The zero-order chi connectivity index (χ0) is 21.4. The summed E-state index contributed by atoms with van der Waals surface area (Å²) in [7, 11) is 0. The lowest BCUT2D eigenvalue weighted by Gasteiger charge is -2.33. The summed E-state index contributed by atoms with van der Waals surface area (Å²) in [5, 5.41) is 5.68. The second kappa shape index (κ2) is 8.09. The smallest absolute Gasteiger partial charge is 0.224 e. The summed E-state index contributed by atoms with van der Waals surface area (Å²) in [6, 6.07) is 10.1. The average molecular weight is 406 g/mol. The largest absolute Gasteiger partial charge is 0.397 e. The van der Waals surface area contributed by atoms with E-state index in [0.717, 1.165) is 53.1 Å². The Hall–Kier alpha value is -2.89. The SMILES string of the molecule is Cc1nn([C@@H](C)CC(=O)N2CCC[C@H](c3nc4ccccc4cc3N)C2)c(C)c1C. The van der Waals surface area contributed by atoms with E-state index in [1.165, 1.54) is 5.56 Å². The summed E-state index contributed by atoms with van der Waals surface area (Å²) in [5.74, 6) is 0.357. The zero-order valence-electron chi connectivity index (χ0n) is 18.4. The minimum absolute atomic E-state index is 0.0362. The van der Waals surface area contributed by atoms with E-state index in [2.05, 4.69) is 25.9 Å². The third kappa shape index (κ3) is 3.78. The predicted octanol–water partition coefficient (Wildman–Crippen LogP) is 4.30. The molecule has 4 rings (SSSR count). The quantitative estimate of drug-likeness (QED) is 0.702. The van der Waals surface area contributed by atoms with Crippen LogP contribution in [0.4, 0.5) is 5.69 Å². The van der Waals surface area contributed by atoms with Crippen LogP contribution in [0.25, 0.3) is 10.9 Å². The molecule has 1 amide bonds. The van der Waals surface area contributed by atoms with Crippen molar-refractivity contribution < 1.29 is 4.79 Å². The summed E-state index contributed by atoms with van der Waals surface area (Å²) >= 11 is 0. The minimum Gasteiger partial charge on any atom is -0.397 e. The number of nitrogens with zero attached hydrogens (tertiary/aromatic N) is 4. The lowest BCUT2D eigenvalue weighted by molar-refractivity contribution is -0.133. The number of rotatable bonds is 4. The van der Waals surface area contributed by atoms with Crippen molar-refractivity contribution in [1.82, 2.24) is 19.7 Å². The van der Waals surface area contributed by atoms with Gasteiger partial charge in [0.1, 0.15) is 0 Å². The Kier molecular flexibility index (Phi) is 5.50. The fraction of sp³-hybridized carbons (Fsp3) is 0.458. The number of hydrogen-bond acceptors (Lipinski definition) is 4. The fourth-order valence-electron chi connectivity index (χ4n) is 4.54. The van der Waals surface area contributed by atoms with Crippen LogP contribution in [0.3, 0.4) is 0 Å². The van der Waals surface area contributed by atoms with Crippen LogP contribution in [0.15, 0.2) is 30.3 Å². The molecule has 0 unspecified atom stereocenters. The topological polar surface area (TPSA) is 77.0 Å². The van der Waals surface area contributed by atoms with Gasteiger partial charge in [0.2, 0.25) is 5.91 Å². The van der Waals surface area contributed by atoms with E-state index >= 15 is 0 Å². The number of piperidine rings is 1. The van der Waals surface area contributed by atoms with Gasteiger partial charge in [-0.05, 0) is 58.2 Å². The number of benzene rings is 1. The molecule has 3 heterocycles. The van der Waals surface area contributed by atoms with Crippen molar-refractivity contribution in [1.29, 1.82) is 0 Å². The lowest BCUT2D eigenvalue weighted by Crippen LogP contribution is -2.40. The van der Waals surface area contributed by atoms with E-state index in [-0.39, 0.29) is 17.9 Å². The second-order valence-corrected chi connectivity index (χ2v) is 8.63. The first-order valence-electron chi connectivity index (χ1n) is 10.8. The molecule has 30 heavy (non-hydrogen) atoms. The van der Waals surface area contributed by atoms with Crippen molar-refractivity contribution in [3.8, 4) is 0 Å². The van der Waals surface area contributed by atoms with Gasteiger partial charge < -0.3 is 10.6 Å². The maximum absolute atomic E-state index is 13.1. The molecule has 1 aromatic carbocycles. The van der Waals surface area contributed by atoms with Crippen molar-refractivity contribution in [2.45, 2.75) is 58.9 Å². The lowest BCUT2D eigenvalue weighted by atomic mass is 9.92. The number of fused-ring (bicyclic) bond motifs is 1. The van der Waals surface area contributed by atoms with Gasteiger partial charge >= 0.3 is 0 Å². The van der Waals surface area contributed by atoms with Crippen LogP contribution in [0.1, 0.15) is 60.8 Å².